The van der Waals surface area contributed by atoms with Crippen molar-refractivity contribution in [2.24, 2.45) is 0 Å². The Morgan fingerprint density at radius 3 is 2.50 bits per heavy atom. The van der Waals surface area contributed by atoms with Crippen molar-refractivity contribution in [3.8, 4) is 5.75 Å². The van der Waals surface area contributed by atoms with Crippen molar-refractivity contribution < 1.29 is 14.5 Å². The fraction of sp³-hybridized carbons (Fsp3) is 0.118. The molecule has 0 amide bonds. The minimum Gasteiger partial charge on any atom is -0.497 e. The van der Waals surface area contributed by atoms with Gasteiger partial charge in [0.2, 0.25) is 0 Å². The van der Waals surface area contributed by atoms with Crippen molar-refractivity contribution in [1.29, 1.82) is 0 Å². The maximum Gasteiger partial charge on any atom is 0.289 e. The van der Waals surface area contributed by atoms with Crippen LogP contribution in [0.15, 0.2) is 54.2 Å². The third-order valence-corrected chi connectivity index (χ3v) is 3.53. The molecule has 0 heterocycles. The van der Waals surface area contributed by atoms with Gasteiger partial charge in [-0.3, -0.25) is 14.9 Å². The van der Waals surface area contributed by atoms with E-state index in [2.05, 4.69) is 5.32 Å². The lowest BCUT2D eigenvalue weighted by molar-refractivity contribution is -0.384. The van der Waals surface area contributed by atoms with E-state index in [1.165, 1.54) is 18.2 Å². The van der Waals surface area contributed by atoms with Gasteiger partial charge in [-0.15, -0.1) is 0 Å². The largest absolute Gasteiger partial charge is 0.497 e. The first kappa shape index (κ1) is 17.5. The van der Waals surface area contributed by atoms with Crippen LogP contribution in [0, 0.1) is 10.1 Å². The van der Waals surface area contributed by atoms with Crippen molar-refractivity contribution in [2.45, 2.75) is 6.92 Å². The summed E-state index contributed by atoms with van der Waals surface area (Å²) < 4.78 is 5.04. The highest BCUT2D eigenvalue weighted by Gasteiger charge is 2.13. The number of nitro groups is 1. The Balaban J connectivity index is 2.14. The number of rotatable bonds is 6. The molecule has 7 heteroatoms. The molecule has 0 unspecified atom stereocenters. The van der Waals surface area contributed by atoms with Crippen LogP contribution in [0.5, 0.6) is 5.75 Å². The molecule has 0 aliphatic rings. The van der Waals surface area contributed by atoms with E-state index in [1.807, 2.05) is 0 Å². The first-order valence-electron chi connectivity index (χ1n) is 6.98. The zero-order valence-electron chi connectivity index (χ0n) is 13.1. The van der Waals surface area contributed by atoms with Crippen molar-refractivity contribution in [3.63, 3.8) is 0 Å². The van der Waals surface area contributed by atoms with Gasteiger partial charge in [-0.1, -0.05) is 11.6 Å². The summed E-state index contributed by atoms with van der Waals surface area (Å²) in [6.45, 7) is 1.70. The number of halogens is 1. The summed E-state index contributed by atoms with van der Waals surface area (Å²) in [5.74, 6) is 0.477. The van der Waals surface area contributed by atoms with Crippen LogP contribution in [0.25, 0.3) is 0 Å². The molecule has 0 saturated carbocycles. The molecule has 6 nitrogen and oxygen atoms in total. The molecule has 1 N–H and O–H groups in total. The normalized spacial score (nSPS) is 11.0. The molecule has 0 spiro atoms. The van der Waals surface area contributed by atoms with E-state index in [-0.39, 0.29) is 16.5 Å². The molecule has 0 fully saturated rings. The Morgan fingerprint density at radius 2 is 1.92 bits per heavy atom. The van der Waals surface area contributed by atoms with Crippen LogP contribution in [-0.4, -0.2) is 17.8 Å². The lowest BCUT2D eigenvalue weighted by Crippen LogP contribution is -2.02. The summed E-state index contributed by atoms with van der Waals surface area (Å²) in [4.78, 5) is 22.5. The molecular formula is C17H15ClN2O4. The maximum atomic E-state index is 12.2. The molecule has 0 radical (unpaired) electrons. The molecule has 0 saturated heterocycles. The SMILES string of the molecule is COc1ccc(C(=O)/C=C(\C)Nc2ccc(Cl)c([N+](=O)[O-])c2)cc1. The first-order valence-corrected chi connectivity index (χ1v) is 7.36. The minimum atomic E-state index is -0.560. The lowest BCUT2D eigenvalue weighted by Gasteiger charge is -2.07. The third-order valence-electron chi connectivity index (χ3n) is 3.21. The number of carbonyl (C=O) groups is 1. The van der Waals surface area contributed by atoms with Gasteiger partial charge in [0.05, 0.1) is 12.0 Å². The van der Waals surface area contributed by atoms with E-state index in [4.69, 9.17) is 16.3 Å². The van der Waals surface area contributed by atoms with Crippen LogP contribution in [0.2, 0.25) is 5.02 Å². The second kappa shape index (κ2) is 7.61. The summed E-state index contributed by atoms with van der Waals surface area (Å²) in [6, 6.07) is 11.1. The molecule has 0 atom stereocenters. The van der Waals surface area contributed by atoms with Crippen molar-refractivity contribution in [3.05, 3.63) is 74.9 Å². The molecule has 2 aromatic rings. The molecule has 24 heavy (non-hydrogen) atoms. The second-order valence-corrected chi connectivity index (χ2v) is 5.38. The zero-order valence-corrected chi connectivity index (χ0v) is 13.8. The number of allylic oxidation sites excluding steroid dienone is 2. The van der Waals surface area contributed by atoms with E-state index in [9.17, 15) is 14.9 Å². The van der Waals surface area contributed by atoms with Crippen molar-refractivity contribution in [2.75, 3.05) is 12.4 Å². The number of nitro benzene ring substituents is 1. The van der Waals surface area contributed by atoms with Crippen LogP contribution < -0.4 is 10.1 Å². The molecule has 0 aromatic heterocycles. The smallest absolute Gasteiger partial charge is 0.289 e. The summed E-state index contributed by atoms with van der Waals surface area (Å²) in [7, 11) is 1.55. The predicted molar refractivity (Wildman–Crippen MR) is 92.8 cm³/mol. The van der Waals surface area contributed by atoms with Crippen LogP contribution in [0.1, 0.15) is 17.3 Å². The number of ketones is 1. The van der Waals surface area contributed by atoms with E-state index >= 15 is 0 Å². The number of nitrogens with one attached hydrogen (secondary N) is 1. The van der Waals surface area contributed by atoms with Crippen LogP contribution in [-0.2, 0) is 0 Å². The fourth-order valence-corrected chi connectivity index (χ4v) is 2.22. The van der Waals surface area contributed by atoms with E-state index in [0.717, 1.165) is 0 Å². The van der Waals surface area contributed by atoms with Gasteiger partial charge in [-0.05, 0) is 43.3 Å². The highest BCUT2D eigenvalue weighted by atomic mass is 35.5. The maximum absolute atomic E-state index is 12.2. The summed E-state index contributed by atoms with van der Waals surface area (Å²) in [5.41, 5.74) is 1.34. The van der Waals surface area contributed by atoms with Gasteiger partial charge in [0.1, 0.15) is 10.8 Å². The number of nitrogens with zero attached hydrogens (tertiary/aromatic N) is 1. The zero-order chi connectivity index (χ0) is 17.7. The van der Waals surface area contributed by atoms with Crippen LogP contribution in [0.4, 0.5) is 11.4 Å². The lowest BCUT2D eigenvalue weighted by atomic mass is 10.1. The average Bonchev–Trinajstić information content (AvgIpc) is 2.56. The van der Waals surface area contributed by atoms with E-state index in [0.29, 0.717) is 22.7 Å². The number of hydrogen-bond acceptors (Lipinski definition) is 5. The van der Waals surface area contributed by atoms with E-state index in [1.54, 1.807) is 44.4 Å². The van der Waals surface area contributed by atoms with Gasteiger partial charge < -0.3 is 10.1 Å². The van der Waals surface area contributed by atoms with Crippen LogP contribution in [0.3, 0.4) is 0 Å². The summed E-state index contributed by atoms with van der Waals surface area (Å²) in [5, 5.41) is 13.9. The highest BCUT2D eigenvalue weighted by Crippen LogP contribution is 2.27. The van der Waals surface area contributed by atoms with Crippen molar-refractivity contribution in [1.82, 2.24) is 0 Å². The monoisotopic (exact) mass is 346 g/mol. The highest BCUT2D eigenvalue weighted by molar-refractivity contribution is 6.32. The Labute approximate surface area is 143 Å². The molecule has 124 valence electrons. The Kier molecular flexibility index (Phi) is 5.55. The second-order valence-electron chi connectivity index (χ2n) is 4.97. The number of hydrogen-bond donors (Lipinski definition) is 1. The Bertz CT molecular complexity index is 801. The number of anilines is 1. The Hall–Kier alpha value is -2.86. The molecule has 0 aliphatic heterocycles. The molecule has 2 aromatic carbocycles. The van der Waals surface area contributed by atoms with Gasteiger partial charge in [-0.2, -0.15) is 0 Å². The van der Waals surface area contributed by atoms with Crippen LogP contribution >= 0.6 is 11.6 Å². The Morgan fingerprint density at radius 1 is 1.25 bits per heavy atom. The average molecular weight is 347 g/mol. The summed E-state index contributed by atoms with van der Waals surface area (Å²) >= 11 is 5.77. The number of benzene rings is 2. The van der Waals surface area contributed by atoms with Gasteiger partial charge in [0.15, 0.2) is 5.78 Å². The molecule has 2 rings (SSSR count). The summed E-state index contributed by atoms with van der Waals surface area (Å²) in [6.07, 6.45) is 1.42. The third kappa shape index (κ3) is 4.33. The van der Waals surface area contributed by atoms with Gasteiger partial charge >= 0.3 is 0 Å². The topological polar surface area (TPSA) is 81.5 Å². The number of ether oxygens (including phenoxy) is 1. The van der Waals surface area contributed by atoms with Gasteiger partial charge in [0, 0.05) is 29.1 Å². The minimum absolute atomic E-state index is 0.0569. The van der Waals surface area contributed by atoms with E-state index < -0.39 is 4.92 Å². The first-order chi connectivity index (χ1) is 11.4. The standard InChI is InChI=1S/C17H15ClN2O4/c1-11(9-17(21)12-3-6-14(24-2)7-4-12)19-13-5-8-15(18)16(10-13)20(22)23/h3-10,19H,1-2H3/b11-9+. The fourth-order valence-electron chi connectivity index (χ4n) is 2.03. The molecule has 0 aliphatic carbocycles. The van der Waals surface area contributed by atoms with Gasteiger partial charge in [-0.25, -0.2) is 0 Å². The quantitative estimate of drug-likeness (QED) is 0.361. The number of methoxy groups -OCH3 is 1. The molecule has 0 bridgehead atoms. The predicted octanol–water partition coefficient (Wildman–Crippen LogP) is 4.46. The molecular weight excluding hydrogens is 332 g/mol. The number of carbonyl (C=O) groups excluding carboxylic acids is 1. The van der Waals surface area contributed by atoms with Crippen molar-refractivity contribution >= 4 is 28.8 Å². The van der Waals surface area contributed by atoms with Gasteiger partial charge in [0.25, 0.3) is 5.69 Å².